The molecule has 1 aliphatic carbocycles. The first kappa shape index (κ1) is 12.2. The van der Waals surface area contributed by atoms with Crippen LogP contribution in [0.1, 0.15) is 32.6 Å². The Morgan fingerprint density at radius 1 is 1.17 bits per heavy atom. The van der Waals surface area contributed by atoms with E-state index < -0.39 is 0 Å². The zero-order valence-corrected chi connectivity index (χ0v) is 11.0. The number of hydrogen-bond donors (Lipinski definition) is 1. The van der Waals surface area contributed by atoms with Crippen LogP contribution in [-0.2, 0) is 9.59 Å². The maximum atomic E-state index is 12.3. The topological polar surface area (TPSA) is 49.4 Å². The zero-order chi connectivity index (χ0) is 12.7. The van der Waals surface area contributed by atoms with Crippen molar-refractivity contribution in [2.24, 2.45) is 23.7 Å². The minimum atomic E-state index is 0.0109. The van der Waals surface area contributed by atoms with Gasteiger partial charge in [-0.15, -0.1) is 0 Å². The number of nitrogens with zero attached hydrogens (tertiary/aromatic N) is 1. The highest BCUT2D eigenvalue weighted by atomic mass is 16.2. The third-order valence-electron chi connectivity index (χ3n) is 5.01. The van der Waals surface area contributed by atoms with Crippen LogP contribution in [0.5, 0.6) is 0 Å². The summed E-state index contributed by atoms with van der Waals surface area (Å²) in [6.45, 7) is 4.77. The average molecular weight is 250 g/mol. The molecule has 2 heterocycles. The number of rotatable bonds is 3. The Hall–Kier alpha value is -0.900. The number of imide groups is 1. The van der Waals surface area contributed by atoms with Gasteiger partial charge in [0.05, 0.1) is 11.8 Å². The molecule has 18 heavy (non-hydrogen) atoms. The summed E-state index contributed by atoms with van der Waals surface area (Å²) in [7, 11) is 0. The van der Waals surface area contributed by atoms with Gasteiger partial charge in [-0.2, -0.15) is 0 Å². The molecule has 100 valence electrons. The lowest BCUT2D eigenvalue weighted by molar-refractivity contribution is -0.141. The number of hydrogen-bond acceptors (Lipinski definition) is 3. The molecule has 0 aromatic carbocycles. The van der Waals surface area contributed by atoms with Crippen molar-refractivity contribution in [2.45, 2.75) is 32.6 Å². The summed E-state index contributed by atoms with van der Waals surface area (Å²) >= 11 is 0. The molecule has 0 aromatic heterocycles. The highest BCUT2D eigenvalue weighted by Gasteiger charge is 2.52. The Kier molecular flexibility index (Phi) is 3.14. The van der Waals surface area contributed by atoms with Crippen LogP contribution in [0.3, 0.4) is 0 Å². The van der Waals surface area contributed by atoms with Crippen LogP contribution in [0.2, 0.25) is 0 Å². The molecule has 0 aromatic rings. The first-order valence-corrected chi connectivity index (χ1v) is 7.26. The maximum absolute atomic E-state index is 12.3. The summed E-state index contributed by atoms with van der Waals surface area (Å²) in [4.78, 5) is 26.2. The molecule has 1 saturated carbocycles. The summed E-state index contributed by atoms with van der Waals surface area (Å²) in [5, 5.41) is 3.29. The van der Waals surface area contributed by atoms with E-state index in [1.807, 2.05) is 0 Å². The fourth-order valence-electron chi connectivity index (χ4n) is 3.84. The van der Waals surface area contributed by atoms with Crippen LogP contribution in [0.15, 0.2) is 0 Å². The molecule has 3 atom stereocenters. The Morgan fingerprint density at radius 3 is 2.33 bits per heavy atom. The maximum Gasteiger partial charge on any atom is 0.233 e. The third-order valence-corrected chi connectivity index (χ3v) is 5.01. The van der Waals surface area contributed by atoms with Gasteiger partial charge >= 0.3 is 0 Å². The lowest BCUT2D eigenvalue weighted by Gasteiger charge is -2.20. The number of amides is 2. The molecule has 2 saturated heterocycles. The SMILES string of the molecule is CCC1CC2C(=O)N(CC3CCNC3)C(=O)C2C1. The molecule has 3 aliphatic rings. The first-order valence-electron chi connectivity index (χ1n) is 7.26. The predicted octanol–water partition coefficient (Wildman–Crippen LogP) is 1.02. The summed E-state index contributed by atoms with van der Waals surface area (Å²) in [6.07, 6.45) is 4.06. The number of likely N-dealkylation sites (tertiary alicyclic amines) is 1. The number of fused-ring (bicyclic) bond motifs is 1. The second-order valence-electron chi connectivity index (χ2n) is 6.10. The van der Waals surface area contributed by atoms with Crippen molar-refractivity contribution in [1.29, 1.82) is 0 Å². The van der Waals surface area contributed by atoms with E-state index in [2.05, 4.69) is 12.2 Å². The van der Waals surface area contributed by atoms with E-state index in [1.165, 1.54) is 0 Å². The Morgan fingerprint density at radius 2 is 1.83 bits per heavy atom. The molecule has 1 N–H and O–H groups in total. The van der Waals surface area contributed by atoms with Crippen LogP contribution in [0, 0.1) is 23.7 Å². The van der Waals surface area contributed by atoms with E-state index in [0.717, 1.165) is 38.8 Å². The lowest BCUT2D eigenvalue weighted by Crippen LogP contribution is -2.37. The second-order valence-corrected chi connectivity index (χ2v) is 6.10. The van der Waals surface area contributed by atoms with Gasteiger partial charge in [0.15, 0.2) is 0 Å². The quantitative estimate of drug-likeness (QED) is 0.761. The molecule has 3 rings (SSSR count). The predicted molar refractivity (Wildman–Crippen MR) is 67.7 cm³/mol. The minimum Gasteiger partial charge on any atom is -0.316 e. The normalized spacial score (nSPS) is 39.7. The van der Waals surface area contributed by atoms with Crippen LogP contribution < -0.4 is 5.32 Å². The largest absolute Gasteiger partial charge is 0.316 e. The van der Waals surface area contributed by atoms with Gasteiger partial charge in [0.25, 0.3) is 0 Å². The Balaban J connectivity index is 1.68. The monoisotopic (exact) mass is 250 g/mol. The van der Waals surface area contributed by atoms with Crippen molar-refractivity contribution < 1.29 is 9.59 Å². The zero-order valence-electron chi connectivity index (χ0n) is 11.0. The minimum absolute atomic E-state index is 0.0109. The van der Waals surface area contributed by atoms with Crippen molar-refractivity contribution in [3.05, 3.63) is 0 Å². The standard InChI is InChI=1S/C14H22N2O2/c1-2-9-5-11-12(6-9)14(18)16(13(11)17)8-10-3-4-15-7-10/h9-12,15H,2-8H2,1H3. The van der Waals surface area contributed by atoms with E-state index in [0.29, 0.717) is 18.4 Å². The summed E-state index contributed by atoms with van der Waals surface area (Å²) in [5.74, 6) is 1.32. The molecule has 3 fully saturated rings. The van der Waals surface area contributed by atoms with E-state index in [1.54, 1.807) is 4.90 Å². The van der Waals surface area contributed by atoms with Gasteiger partial charge in [-0.1, -0.05) is 13.3 Å². The highest BCUT2D eigenvalue weighted by Crippen LogP contribution is 2.44. The Labute approximate surface area is 108 Å². The smallest absolute Gasteiger partial charge is 0.233 e. The van der Waals surface area contributed by atoms with Crippen LogP contribution in [0.4, 0.5) is 0 Å². The van der Waals surface area contributed by atoms with Crippen molar-refractivity contribution in [1.82, 2.24) is 10.2 Å². The Bertz CT molecular complexity index is 339. The number of nitrogens with one attached hydrogen (secondary N) is 1. The van der Waals surface area contributed by atoms with E-state index in [4.69, 9.17) is 0 Å². The van der Waals surface area contributed by atoms with Crippen molar-refractivity contribution >= 4 is 11.8 Å². The molecular formula is C14H22N2O2. The number of carbonyl (C=O) groups excluding carboxylic acids is 2. The molecule has 2 aliphatic heterocycles. The molecule has 2 amide bonds. The van der Waals surface area contributed by atoms with Crippen LogP contribution in [0.25, 0.3) is 0 Å². The van der Waals surface area contributed by atoms with E-state index >= 15 is 0 Å². The first-order chi connectivity index (χ1) is 8.70. The molecule has 4 heteroatoms. The van der Waals surface area contributed by atoms with Gasteiger partial charge in [0, 0.05) is 6.54 Å². The van der Waals surface area contributed by atoms with Gasteiger partial charge in [0.1, 0.15) is 0 Å². The van der Waals surface area contributed by atoms with Gasteiger partial charge in [-0.25, -0.2) is 0 Å². The van der Waals surface area contributed by atoms with Gasteiger partial charge in [-0.05, 0) is 44.2 Å². The summed E-state index contributed by atoms with van der Waals surface area (Å²) < 4.78 is 0. The van der Waals surface area contributed by atoms with Crippen molar-refractivity contribution in [3.8, 4) is 0 Å². The molecule has 3 unspecified atom stereocenters. The van der Waals surface area contributed by atoms with Gasteiger partial charge < -0.3 is 5.32 Å². The molecular weight excluding hydrogens is 228 g/mol. The van der Waals surface area contributed by atoms with Crippen LogP contribution in [-0.4, -0.2) is 36.3 Å². The summed E-state index contributed by atoms with van der Waals surface area (Å²) in [5.41, 5.74) is 0. The molecule has 0 bridgehead atoms. The molecule has 0 spiro atoms. The highest BCUT2D eigenvalue weighted by molar-refractivity contribution is 6.05. The fourth-order valence-corrected chi connectivity index (χ4v) is 3.84. The van der Waals surface area contributed by atoms with Crippen LogP contribution >= 0.6 is 0 Å². The van der Waals surface area contributed by atoms with Gasteiger partial charge in [0.2, 0.25) is 11.8 Å². The van der Waals surface area contributed by atoms with Gasteiger partial charge in [-0.3, -0.25) is 14.5 Å². The van der Waals surface area contributed by atoms with E-state index in [-0.39, 0.29) is 23.7 Å². The fraction of sp³-hybridized carbons (Fsp3) is 0.857. The number of carbonyl (C=O) groups is 2. The third kappa shape index (κ3) is 1.87. The molecule has 0 radical (unpaired) electrons. The summed E-state index contributed by atoms with van der Waals surface area (Å²) in [6, 6.07) is 0. The van der Waals surface area contributed by atoms with Crippen molar-refractivity contribution in [2.75, 3.05) is 19.6 Å². The van der Waals surface area contributed by atoms with E-state index in [9.17, 15) is 9.59 Å². The average Bonchev–Trinajstić information content (AvgIpc) is 3.06. The van der Waals surface area contributed by atoms with Crippen molar-refractivity contribution in [3.63, 3.8) is 0 Å². The molecule has 4 nitrogen and oxygen atoms in total. The lowest BCUT2D eigenvalue weighted by atomic mass is 10.00. The second kappa shape index (κ2) is 4.65.